The second-order valence-corrected chi connectivity index (χ2v) is 7.05. The Labute approximate surface area is 146 Å². The maximum absolute atomic E-state index is 12.2. The summed E-state index contributed by atoms with van der Waals surface area (Å²) in [6, 6.07) is 6.00. The zero-order valence-corrected chi connectivity index (χ0v) is 16.1. The molecule has 5 nitrogen and oxygen atoms in total. The molecule has 5 heteroatoms. The van der Waals surface area contributed by atoms with Gasteiger partial charge in [0.25, 0.3) is 0 Å². The molecule has 0 bridgehead atoms. The van der Waals surface area contributed by atoms with Crippen LogP contribution in [0, 0.1) is 6.92 Å². The van der Waals surface area contributed by atoms with Gasteiger partial charge in [-0.1, -0.05) is 0 Å². The number of carbonyl (C=O) groups excluding carboxylic acids is 2. The molecule has 1 aromatic carbocycles. The lowest BCUT2D eigenvalue weighted by Crippen LogP contribution is -2.47. The lowest BCUT2D eigenvalue weighted by molar-refractivity contribution is -0.124. The number of nitrogens with one attached hydrogen (secondary N) is 1. The second-order valence-electron chi connectivity index (χ2n) is 7.05. The molecule has 0 saturated heterocycles. The van der Waals surface area contributed by atoms with Gasteiger partial charge in [0.05, 0.1) is 0 Å². The molecule has 0 aliphatic rings. The van der Waals surface area contributed by atoms with Gasteiger partial charge in [-0.25, -0.2) is 0 Å². The maximum Gasteiger partial charge on any atom is 0.240 e. The quantitative estimate of drug-likeness (QED) is 0.870. The zero-order chi connectivity index (χ0) is 18.5. The molecule has 2 amide bonds. The summed E-state index contributed by atoms with van der Waals surface area (Å²) in [5.74, 6) is -0.303. The summed E-state index contributed by atoms with van der Waals surface area (Å²) in [5.41, 5.74) is 2.57. The van der Waals surface area contributed by atoms with E-state index in [0.29, 0.717) is 0 Å². The number of benzene rings is 1. The van der Waals surface area contributed by atoms with E-state index in [4.69, 9.17) is 0 Å². The Kier molecular flexibility index (Phi) is 6.81. The van der Waals surface area contributed by atoms with Crippen LogP contribution in [-0.4, -0.2) is 37.0 Å². The van der Waals surface area contributed by atoms with Gasteiger partial charge in [-0.15, -0.1) is 0 Å². The van der Waals surface area contributed by atoms with E-state index in [9.17, 15) is 9.59 Å². The Morgan fingerprint density at radius 3 is 2.12 bits per heavy atom. The van der Waals surface area contributed by atoms with E-state index in [1.54, 1.807) is 0 Å². The monoisotopic (exact) mass is 333 g/mol. The molecule has 0 atom stereocenters. The summed E-state index contributed by atoms with van der Waals surface area (Å²) in [5, 5.41) is 2.90. The average Bonchev–Trinajstić information content (AvgIpc) is 2.44. The predicted molar refractivity (Wildman–Crippen MR) is 101 cm³/mol. The van der Waals surface area contributed by atoms with Crippen molar-refractivity contribution < 1.29 is 9.59 Å². The highest BCUT2D eigenvalue weighted by Crippen LogP contribution is 2.26. The minimum atomic E-state index is -0.318. The van der Waals surface area contributed by atoms with Crippen LogP contribution in [-0.2, 0) is 9.59 Å². The molecular formula is C19H31N3O2. The Morgan fingerprint density at radius 2 is 1.71 bits per heavy atom. The van der Waals surface area contributed by atoms with Gasteiger partial charge in [0.15, 0.2) is 0 Å². The SMILES string of the molecule is CCN(CC)c1ccc(N(CC(=O)NC(C)(C)C)C(C)=O)c(C)c1. The van der Waals surface area contributed by atoms with Crippen molar-refractivity contribution >= 4 is 23.2 Å². The van der Waals surface area contributed by atoms with Crippen molar-refractivity contribution in [3.05, 3.63) is 23.8 Å². The number of hydrogen-bond acceptors (Lipinski definition) is 3. The van der Waals surface area contributed by atoms with E-state index >= 15 is 0 Å². The van der Waals surface area contributed by atoms with Gasteiger partial charge >= 0.3 is 0 Å². The highest BCUT2D eigenvalue weighted by atomic mass is 16.2. The van der Waals surface area contributed by atoms with Crippen LogP contribution in [0.25, 0.3) is 0 Å². The van der Waals surface area contributed by atoms with E-state index in [2.05, 4.69) is 30.1 Å². The molecule has 0 saturated carbocycles. The number of aryl methyl sites for hydroxylation is 1. The second kappa shape index (κ2) is 8.18. The Hall–Kier alpha value is -2.04. The van der Waals surface area contributed by atoms with Gasteiger partial charge in [-0.2, -0.15) is 0 Å². The fourth-order valence-corrected chi connectivity index (χ4v) is 2.70. The van der Waals surface area contributed by atoms with Crippen molar-refractivity contribution in [2.75, 3.05) is 29.4 Å². The summed E-state index contributed by atoms with van der Waals surface area (Å²) < 4.78 is 0. The molecule has 0 radical (unpaired) electrons. The number of carbonyl (C=O) groups is 2. The summed E-state index contributed by atoms with van der Waals surface area (Å²) in [6.45, 7) is 15.4. The van der Waals surface area contributed by atoms with E-state index in [-0.39, 0.29) is 23.9 Å². The molecule has 1 aromatic rings. The van der Waals surface area contributed by atoms with Gasteiger partial charge < -0.3 is 15.1 Å². The number of amides is 2. The molecule has 134 valence electrons. The van der Waals surface area contributed by atoms with Gasteiger partial charge in [0.2, 0.25) is 11.8 Å². The lowest BCUT2D eigenvalue weighted by Gasteiger charge is -2.27. The number of rotatable bonds is 6. The van der Waals surface area contributed by atoms with E-state index in [0.717, 1.165) is 30.0 Å². The number of nitrogens with zero attached hydrogens (tertiary/aromatic N) is 2. The minimum Gasteiger partial charge on any atom is -0.372 e. The Morgan fingerprint density at radius 1 is 1.12 bits per heavy atom. The molecule has 0 aliphatic heterocycles. The zero-order valence-electron chi connectivity index (χ0n) is 16.1. The Bertz CT molecular complexity index is 587. The third-order valence-electron chi connectivity index (χ3n) is 3.80. The van der Waals surface area contributed by atoms with Gasteiger partial charge in [-0.05, 0) is 65.3 Å². The van der Waals surface area contributed by atoms with Crippen molar-refractivity contribution in [3.63, 3.8) is 0 Å². The van der Waals surface area contributed by atoms with Crippen LogP contribution in [0.4, 0.5) is 11.4 Å². The first-order valence-corrected chi connectivity index (χ1v) is 8.53. The topological polar surface area (TPSA) is 52.6 Å². The molecule has 0 aliphatic carbocycles. The first-order valence-electron chi connectivity index (χ1n) is 8.53. The van der Waals surface area contributed by atoms with Crippen molar-refractivity contribution in [3.8, 4) is 0 Å². The Balaban J connectivity index is 3.05. The predicted octanol–water partition coefficient (Wildman–Crippen LogP) is 3.11. The van der Waals surface area contributed by atoms with E-state index in [1.165, 1.54) is 11.8 Å². The van der Waals surface area contributed by atoms with Crippen LogP contribution < -0.4 is 15.1 Å². The van der Waals surface area contributed by atoms with Crippen molar-refractivity contribution in [1.82, 2.24) is 5.32 Å². The molecule has 24 heavy (non-hydrogen) atoms. The molecule has 0 unspecified atom stereocenters. The van der Waals surface area contributed by atoms with Crippen LogP contribution in [0.3, 0.4) is 0 Å². The van der Waals surface area contributed by atoms with Crippen molar-refractivity contribution in [1.29, 1.82) is 0 Å². The van der Waals surface area contributed by atoms with E-state index < -0.39 is 0 Å². The van der Waals surface area contributed by atoms with Crippen LogP contribution in [0.1, 0.15) is 47.1 Å². The van der Waals surface area contributed by atoms with E-state index in [1.807, 2.05) is 39.8 Å². The summed E-state index contributed by atoms with van der Waals surface area (Å²) in [4.78, 5) is 28.1. The van der Waals surface area contributed by atoms with Crippen LogP contribution >= 0.6 is 0 Å². The summed E-state index contributed by atoms with van der Waals surface area (Å²) >= 11 is 0. The number of hydrogen-bond donors (Lipinski definition) is 1. The number of anilines is 2. The summed E-state index contributed by atoms with van der Waals surface area (Å²) in [7, 11) is 0. The fourth-order valence-electron chi connectivity index (χ4n) is 2.70. The third-order valence-corrected chi connectivity index (χ3v) is 3.80. The molecule has 1 rings (SSSR count). The van der Waals surface area contributed by atoms with Crippen LogP contribution in [0.15, 0.2) is 18.2 Å². The standard InChI is InChI=1S/C19H31N3O2/c1-8-21(9-2)16-10-11-17(14(3)12-16)22(15(4)23)13-18(24)20-19(5,6)7/h10-12H,8-9,13H2,1-7H3,(H,20,24). The molecular weight excluding hydrogens is 302 g/mol. The molecule has 0 fully saturated rings. The average molecular weight is 333 g/mol. The highest BCUT2D eigenvalue weighted by Gasteiger charge is 2.21. The largest absolute Gasteiger partial charge is 0.372 e. The maximum atomic E-state index is 12.2. The lowest BCUT2D eigenvalue weighted by atomic mass is 10.1. The minimum absolute atomic E-state index is 0.0259. The summed E-state index contributed by atoms with van der Waals surface area (Å²) in [6.07, 6.45) is 0. The van der Waals surface area contributed by atoms with Crippen LogP contribution in [0.5, 0.6) is 0 Å². The highest BCUT2D eigenvalue weighted by molar-refractivity contribution is 5.98. The normalized spacial score (nSPS) is 11.1. The van der Waals surface area contributed by atoms with Gasteiger partial charge in [-0.3, -0.25) is 9.59 Å². The smallest absolute Gasteiger partial charge is 0.240 e. The van der Waals surface area contributed by atoms with Gasteiger partial charge in [0.1, 0.15) is 6.54 Å². The molecule has 0 heterocycles. The fraction of sp³-hybridized carbons (Fsp3) is 0.579. The third kappa shape index (κ3) is 5.55. The van der Waals surface area contributed by atoms with Crippen molar-refractivity contribution in [2.24, 2.45) is 0 Å². The first kappa shape index (κ1) is 20.0. The molecule has 0 aromatic heterocycles. The van der Waals surface area contributed by atoms with Crippen LogP contribution in [0.2, 0.25) is 0 Å². The van der Waals surface area contributed by atoms with Gasteiger partial charge in [0, 0.05) is 36.9 Å². The molecule has 1 N–H and O–H groups in total. The van der Waals surface area contributed by atoms with Crippen molar-refractivity contribution in [2.45, 2.75) is 54.0 Å². The molecule has 0 spiro atoms. The first-order chi connectivity index (χ1) is 11.1.